The van der Waals surface area contributed by atoms with Crippen LogP contribution in [0.2, 0.25) is 5.02 Å². The third-order valence-corrected chi connectivity index (χ3v) is 4.60. The van der Waals surface area contributed by atoms with Gasteiger partial charge >= 0.3 is 0 Å². The van der Waals surface area contributed by atoms with E-state index in [2.05, 4.69) is 15.5 Å². The lowest BCUT2D eigenvalue weighted by Crippen LogP contribution is -2.48. The summed E-state index contributed by atoms with van der Waals surface area (Å²) in [7, 11) is 1.84. The molecule has 2 aromatic rings. The van der Waals surface area contributed by atoms with Crippen molar-refractivity contribution in [3.8, 4) is 0 Å². The predicted octanol–water partition coefficient (Wildman–Crippen LogP) is 1.38. The maximum absolute atomic E-state index is 12.4. The van der Waals surface area contributed by atoms with Crippen LogP contribution in [-0.4, -0.2) is 54.0 Å². The van der Waals surface area contributed by atoms with Crippen LogP contribution in [0.25, 0.3) is 10.9 Å². The molecule has 0 unspecified atom stereocenters. The summed E-state index contributed by atoms with van der Waals surface area (Å²) in [5.41, 5.74) is 1.46. The molecule has 0 atom stereocenters. The van der Waals surface area contributed by atoms with Crippen molar-refractivity contribution < 1.29 is 9.59 Å². The fraction of sp³-hybridized carbons (Fsp3) is 0.412. The maximum Gasteiger partial charge on any atom is 0.267 e. The van der Waals surface area contributed by atoms with Crippen LogP contribution in [0.5, 0.6) is 0 Å². The lowest BCUT2D eigenvalue weighted by Gasteiger charge is -2.26. The number of piperazine rings is 1. The summed E-state index contributed by atoms with van der Waals surface area (Å²) >= 11 is 6.21. The number of aromatic nitrogens is 1. The number of benzene rings is 1. The van der Waals surface area contributed by atoms with Gasteiger partial charge in [0.25, 0.3) is 5.91 Å². The second-order valence-electron chi connectivity index (χ2n) is 6.00. The van der Waals surface area contributed by atoms with Crippen molar-refractivity contribution in [3.63, 3.8) is 0 Å². The van der Waals surface area contributed by atoms with E-state index in [0.29, 0.717) is 30.4 Å². The van der Waals surface area contributed by atoms with Gasteiger partial charge in [-0.1, -0.05) is 23.7 Å². The molecular weight excluding hydrogens is 328 g/mol. The number of hydrogen-bond acceptors (Lipinski definition) is 3. The van der Waals surface area contributed by atoms with Gasteiger partial charge in [0.05, 0.1) is 17.1 Å². The fourth-order valence-electron chi connectivity index (χ4n) is 3.06. The number of hydrogen-bond donors (Lipinski definition) is 2. The molecule has 0 aliphatic carbocycles. The van der Waals surface area contributed by atoms with Crippen LogP contribution in [0, 0.1) is 0 Å². The molecule has 1 aromatic heterocycles. The van der Waals surface area contributed by atoms with E-state index in [4.69, 9.17) is 11.6 Å². The Kier molecular flexibility index (Phi) is 5.06. The second kappa shape index (κ2) is 7.23. The molecule has 1 aliphatic rings. The lowest BCUT2D eigenvalue weighted by molar-refractivity contribution is -0.124. The highest BCUT2D eigenvalue weighted by atomic mass is 35.5. The quantitative estimate of drug-likeness (QED) is 0.802. The van der Waals surface area contributed by atoms with Crippen LogP contribution < -0.4 is 10.6 Å². The van der Waals surface area contributed by atoms with Gasteiger partial charge in [0.1, 0.15) is 5.69 Å². The molecule has 1 aliphatic heterocycles. The van der Waals surface area contributed by atoms with Gasteiger partial charge in [-0.25, -0.2) is 0 Å². The molecule has 2 heterocycles. The molecule has 1 saturated heterocycles. The van der Waals surface area contributed by atoms with E-state index in [-0.39, 0.29) is 11.8 Å². The summed E-state index contributed by atoms with van der Waals surface area (Å²) in [6, 6.07) is 7.49. The first-order valence-electron chi connectivity index (χ1n) is 8.07. The van der Waals surface area contributed by atoms with Crippen molar-refractivity contribution in [2.24, 2.45) is 7.05 Å². The van der Waals surface area contributed by atoms with Crippen LogP contribution in [0.1, 0.15) is 16.9 Å². The fourth-order valence-corrected chi connectivity index (χ4v) is 3.37. The summed E-state index contributed by atoms with van der Waals surface area (Å²) < 4.78 is 1.82. The minimum atomic E-state index is -0.110. The van der Waals surface area contributed by atoms with E-state index < -0.39 is 0 Å². The van der Waals surface area contributed by atoms with Crippen molar-refractivity contribution in [1.82, 2.24) is 20.1 Å². The van der Waals surface area contributed by atoms with Gasteiger partial charge in [0, 0.05) is 38.6 Å². The van der Waals surface area contributed by atoms with E-state index in [9.17, 15) is 9.59 Å². The average molecular weight is 349 g/mol. The SMILES string of the molecule is Cn1c(C(=O)NCCCN2CCNC(=O)C2)cc2cccc(Cl)c21. The molecule has 128 valence electrons. The van der Waals surface area contributed by atoms with E-state index in [0.717, 1.165) is 30.4 Å². The Morgan fingerprint density at radius 1 is 1.42 bits per heavy atom. The van der Waals surface area contributed by atoms with Gasteiger partial charge in [-0.05, 0) is 18.6 Å². The highest BCUT2D eigenvalue weighted by molar-refractivity contribution is 6.35. The topological polar surface area (TPSA) is 66.4 Å². The summed E-state index contributed by atoms with van der Waals surface area (Å²) in [6.45, 7) is 3.37. The van der Waals surface area contributed by atoms with Crippen LogP contribution in [-0.2, 0) is 11.8 Å². The standard InChI is InChI=1S/C17H21ClN4O2/c1-21-14(10-12-4-2-5-13(18)16(12)21)17(24)20-6-3-8-22-9-7-19-15(23)11-22/h2,4-5,10H,3,6-9,11H2,1H3,(H,19,23)(H,20,24). The number of para-hydroxylation sites is 1. The van der Waals surface area contributed by atoms with E-state index in [1.54, 1.807) is 0 Å². The molecule has 0 radical (unpaired) electrons. The monoisotopic (exact) mass is 348 g/mol. The molecule has 2 amide bonds. The highest BCUT2D eigenvalue weighted by Gasteiger charge is 2.16. The molecular formula is C17H21ClN4O2. The zero-order chi connectivity index (χ0) is 17.1. The number of nitrogens with one attached hydrogen (secondary N) is 2. The van der Waals surface area contributed by atoms with Gasteiger partial charge in [-0.3, -0.25) is 14.5 Å². The molecule has 0 saturated carbocycles. The summed E-state index contributed by atoms with van der Waals surface area (Å²) in [5, 5.41) is 7.33. The average Bonchev–Trinajstić information content (AvgIpc) is 2.90. The van der Waals surface area contributed by atoms with Crippen molar-refractivity contribution in [1.29, 1.82) is 0 Å². The van der Waals surface area contributed by atoms with Crippen LogP contribution >= 0.6 is 11.6 Å². The number of amides is 2. The smallest absolute Gasteiger partial charge is 0.267 e. The predicted molar refractivity (Wildman–Crippen MR) is 94.3 cm³/mol. The first kappa shape index (κ1) is 16.8. The van der Waals surface area contributed by atoms with Crippen molar-refractivity contribution >= 4 is 34.3 Å². The molecule has 1 fully saturated rings. The van der Waals surface area contributed by atoms with Crippen molar-refractivity contribution in [2.75, 3.05) is 32.7 Å². The van der Waals surface area contributed by atoms with E-state index in [1.165, 1.54) is 0 Å². The molecule has 0 bridgehead atoms. The number of carbonyl (C=O) groups excluding carboxylic acids is 2. The Morgan fingerprint density at radius 2 is 2.25 bits per heavy atom. The van der Waals surface area contributed by atoms with Crippen molar-refractivity contribution in [2.45, 2.75) is 6.42 Å². The number of nitrogens with zero attached hydrogens (tertiary/aromatic N) is 2. The third-order valence-electron chi connectivity index (χ3n) is 4.29. The summed E-state index contributed by atoms with van der Waals surface area (Å²) in [4.78, 5) is 25.8. The minimum absolute atomic E-state index is 0.0673. The van der Waals surface area contributed by atoms with Gasteiger partial charge in [-0.2, -0.15) is 0 Å². The van der Waals surface area contributed by atoms with Crippen LogP contribution in [0.3, 0.4) is 0 Å². The third kappa shape index (κ3) is 3.55. The lowest BCUT2D eigenvalue weighted by atomic mass is 10.2. The molecule has 2 N–H and O–H groups in total. The Morgan fingerprint density at radius 3 is 3.00 bits per heavy atom. The normalized spacial score (nSPS) is 15.5. The summed E-state index contributed by atoms with van der Waals surface area (Å²) in [6.07, 6.45) is 0.809. The van der Waals surface area contributed by atoms with Crippen LogP contribution in [0.4, 0.5) is 0 Å². The number of carbonyl (C=O) groups is 2. The summed E-state index contributed by atoms with van der Waals surface area (Å²) in [5.74, 6) is -0.0428. The number of aryl methyl sites for hydroxylation is 1. The number of rotatable bonds is 5. The van der Waals surface area contributed by atoms with Crippen molar-refractivity contribution in [3.05, 3.63) is 35.0 Å². The second-order valence-corrected chi connectivity index (χ2v) is 6.41. The van der Waals surface area contributed by atoms with E-state index >= 15 is 0 Å². The van der Waals surface area contributed by atoms with E-state index in [1.807, 2.05) is 35.9 Å². The highest BCUT2D eigenvalue weighted by Crippen LogP contribution is 2.25. The molecule has 7 heteroatoms. The van der Waals surface area contributed by atoms with Gasteiger partial charge in [-0.15, -0.1) is 0 Å². The maximum atomic E-state index is 12.4. The Bertz CT molecular complexity index is 771. The zero-order valence-corrected chi connectivity index (χ0v) is 14.4. The molecule has 24 heavy (non-hydrogen) atoms. The number of halogens is 1. The Labute approximate surface area is 145 Å². The molecule has 1 aromatic carbocycles. The zero-order valence-electron chi connectivity index (χ0n) is 13.6. The largest absolute Gasteiger partial charge is 0.354 e. The van der Waals surface area contributed by atoms with Crippen LogP contribution in [0.15, 0.2) is 24.3 Å². The Balaban J connectivity index is 1.55. The molecule has 3 rings (SSSR count). The molecule has 0 spiro atoms. The van der Waals surface area contributed by atoms with Gasteiger partial charge in [0.15, 0.2) is 0 Å². The number of fused-ring (bicyclic) bond motifs is 1. The molecule has 6 nitrogen and oxygen atoms in total. The van der Waals surface area contributed by atoms with Gasteiger partial charge < -0.3 is 15.2 Å². The first-order chi connectivity index (χ1) is 11.6. The first-order valence-corrected chi connectivity index (χ1v) is 8.45. The minimum Gasteiger partial charge on any atom is -0.354 e. The van der Waals surface area contributed by atoms with Gasteiger partial charge in [0.2, 0.25) is 5.91 Å². The Hall–Kier alpha value is -2.05.